The van der Waals surface area contributed by atoms with Crippen LogP contribution in [-0.4, -0.2) is 64.8 Å². The molecule has 0 bridgehead atoms. The Bertz CT molecular complexity index is 1590. The maximum Gasteiger partial charge on any atom is 0.455 e. The van der Waals surface area contributed by atoms with Gasteiger partial charge in [0.25, 0.3) is 17.6 Å². The summed E-state index contributed by atoms with van der Waals surface area (Å²) in [6.45, 7) is 3.27. The molecule has 0 radical (unpaired) electrons. The molecule has 4 rings (SSSR count). The number of hydrogen-bond acceptors (Lipinski definition) is 8. The number of alkyl halides is 3. The molecule has 0 spiro atoms. The standard InChI is InChI=1S/C24H22BrClF3N9O2S/c1-12-7-14(25)8-16(21(39)31-13(2)11-41-3)19(12)32-22(40)18-9-15(10-37-35-23(33-36-37)24(27,28)29)34-38(18)20-17(26)5-4-6-30-20/h4-9,13H,10-11H2,1-3H3,(H,31,39)(H,32,40)/t13-/m0/s1. The van der Waals surface area contributed by atoms with Crippen LogP contribution in [0.1, 0.15) is 44.9 Å². The van der Waals surface area contributed by atoms with E-state index in [9.17, 15) is 22.8 Å². The molecule has 0 saturated heterocycles. The van der Waals surface area contributed by atoms with E-state index < -0.39 is 17.9 Å². The van der Waals surface area contributed by atoms with Crippen LogP contribution in [0, 0.1) is 6.92 Å². The largest absolute Gasteiger partial charge is 0.455 e. The van der Waals surface area contributed by atoms with Crippen molar-refractivity contribution in [1.82, 2.24) is 40.3 Å². The summed E-state index contributed by atoms with van der Waals surface area (Å²) in [6.07, 6.45) is -1.41. The Balaban J connectivity index is 1.71. The molecule has 216 valence electrons. The van der Waals surface area contributed by atoms with Crippen molar-refractivity contribution >= 4 is 56.8 Å². The topological polar surface area (TPSA) is 133 Å². The Morgan fingerprint density at radius 2 is 1.95 bits per heavy atom. The number of anilines is 1. The van der Waals surface area contributed by atoms with E-state index in [2.05, 4.69) is 52.1 Å². The Morgan fingerprint density at radius 3 is 2.61 bits per heavy atom. The van der Waals surface area contributed by atoms with Gasteiger partial charge in [-0.1, -0.05) is 27.5 Å². The van der Waals surface area contributed by atoms with E-state index in [1.165, 1.54) is 12.3 Å². The number of carbonyl (C=O) groups is 2. The molecule has 11 nitrogen and oxygen atoms in total. The number of tetrazole rings is 1. The Kier molecular flexibility index (Phi) is 9.34. The maximum absolute atomic E-state index is 13.7. The van der Waals surface area contributed by atoms with E-state index in [1.807, 2.05) is 13.2 Å². The average molecular weight is 673 g/mol. The van der Waals surface area contributed by atoms with Crippen LogP contribution in [0.25, 0.3) is 5.82 Å². The summed E-state index contributed by atoms with van der Waals surface area (Å²) in [5.41, 5.74) is 1.16. The van der Waals surface area contributed by atoms with Gasteiger partial charge in [0, 0.05) is 22.5 Å². The monoisotopic (exact) mass is 671 g/mol. The minimum absolute atomic E-state index is 0.0545. The number of carbonyl (C=O) groups excluding carboxylic acids is 2. The number of thioether (sulfide) groups is 1. The Labute approximate surface area is 249 Å². The van der Waals surface area contributed by atoms with E-state index in [0.717, 1.165) is 4.68 Å². The van der Waals surface area contributed by atoms with E-state index in [0.29, 0.717) is 20.6 Å². The van der Waals surface area contributed by atoms with E-state index in [4.69, 9.17) is 11.6 Å². The summed E-state index contributed by atoms with van der Waals surface area (Å²) in [7, 11) is 0. The quantitative estimate of drug-likeness (QED) is 0.260. The lowest BCUT2D eigenvalue weighted by Gasteiger charge is -2.17. The van der Waals surface area contributed by atoms with Crippen LogP contribution in [-0.2, 0) is 12.7 Å². The summed E-state index contributed by atoms with van der Waals surface area (Å²) >= 11 is 11.3. The summed E-state index contributed by atoms with van der Waals surface area (Å²) in [4.78, 5) is 31.7. The van der Waals surface area contributed by atoms with Crippen LogP contribution in [0.5, 0.6) is 0 Å². The number of pyridine rings is 1. The highest BCUT2D eigenvalue weighted by Crippen LogP contribution is 2.28. The molecule has 3 heterocycles. The fourth-order valence-electron chi connectivity index (χ4n) is 3.79. The van der Waals surface area contributed by atoms with Gasteiger partial charge in [-0.15, -0.1) is 10.2 Å². The van der Waals surface area contributed by atoms with Crippen molar-refractivity contribution in [3.63, 3.8) is 0 Å². The first kappa shape index (κ1) is 30.5. The predicted molar refractivity (Wildman–Crippen MR) is 150 cm³/mol. The van der Waals surface area contributed by atoms with Gasteiger partial charge in [-0.3, -0.25) is 9.59 Å². The van der Waals surface area contributed by atoms with Gasteiger partial charge in [0.05, 0.1) is 22.0 Å². The van der Waals surface area contributed by atoms with Gasteiger partial charge in [-0.2, -0.15) is 34.8 Å². The van der Waals surface area contributed by atoms with Crippen molar-refractivity contribution in [2.24, 2.45) is 0 Å². The second kappa shape index (κ2) is 12.6. The molecular weight excluding hydrogens is 651 g/mol. The average Bonchev–Trinajstić information content (AvgIpc) is 3.53. The van der Waals surface area contributed by atoms with Gasteiger partial charge < -0.3 is 10.6 Å². The molecule has 0 unspecified atom stereocenters. The molecule has 1 aromatic carbocycles. The van der Waals surface area contributed by atoms with Crippen molar-refractivity contribution < 1.29 is 22.8 Å². The highest BCUT2D eigenvalue weighted by molar-refractivity contribution is 9.10. The number of rotatable bonds is 9. The first-order chi connectivity index (χ1) is 19.4. The lowest BCUT2D eigenvalue weighted by Crippen LogP contribution is -2.35. The van der Waals surface area contributed by atoms with Gasteiger partial charge in [-0.25, -0.2) is 9.67 Å². The number of aromatic nitrogens is 7. The molecule has 0 aliphatic rings. The van der Waals surface area contributed by atoms with Crippen LogP contribution in [0.2, 0.25) is 5.02 Å². The number of hydrogen-bond donors (Lipinski definition) is 2. The molecule has 4 aromatic rings. The van der Waals surface area contributed by atoms with E-state index >= 15 is 0 Å². The molecule has 0 aliphatic heterocycles. The highest BCUT2D eigenvalue weighted by atomic mass is 79.9. The van der Waals surface area contributed by atoms with Gasteiger partial charge >= 0.3 is 6.18 Å². The normalized spacial score (nSPS) is 12.3. The van der Waals surface area contributed by atoms with Crippen molar-refractivity contribution in [2.45, 2.75) is 32.6 Å². The second-order valence-corrected chi connectivity index (χ2v) is 11.0. The number of nitrogens with zero attached hydrogens (tertiary/aromatic N) is 7. The SMILES string of the molecule is CSC[C@H](C)NC(=O)c1cc(Br)cc(C)c1NC(=O)c1cc(Cn2nnc(C(F)(F)F)n2)nn1-c1ncccc1Cl. The van der Waals surface area contributed by atoms with Gasteiger partial charge in [0.2, 0.25) is 0 Å². The minimum Gasteiger partial charge on any atom is -0.349 e. The Hall–Kier alpha value is -3.50. The fraction of sp³-hybridized carbons (Fsp3) is 0.292. The van der Waals surface area contributed by atoms with E-state index in [-0.39, 0.29) is 52.0 Å². The minimum atomic E-state index is -4.77. The van der Waals surface area contributed by atoms with Crippen molar-refractivity contribution in [2.75, 3.05) is 17.3 Å². The molecule has 17 heteroatoms. The number of benzene rings is 1. The van der Waals surface area contributed by atoms with Gasteiger partial charge in [-0.05, 0) is 61.2 Å². The van der Waals surface area contributed by atoms with E-state index in [1.54, 1.807) is 43.0 Å². The summed E-state index contributed by atoms with van der Waals surface area (Å²) in [5.74, 6) is -1.68. The molecule has 0 aliphatic carbocycles. The molecule has 1 atom stereocenters. The number of aryl methyl sites for hydroxylation is 1. The predicted octanol–water partition coefficient (Wildman–Crippen LogP) is 4.78. The molecule has 0 saturated carbocycles. The zero-order valence-corrected chi connectivity index (χ0v) is 24.9. The third-order valence-corrected chi connectivity index (χ3v) is 7.11. The third kappa shape index (κ3) is 7.23. The van der Waals surface area contributed by atoms with Gasteiger partial charge in [0.15, 0.2) is 5.82 Å². The first-order valence-electron chi connectivity index (χ1n) is 11.8. The van der Waals surface area contributed by atoms with Crippen molar-refractivity contribution in [3.05, 3.63) is 74.4 Å². The lowest BCUT2D eigenvalue weighted by molar-refractivity contribution is -0.145. The lowest BCUT2D eigenvalue weighted by atomic mass is 10.1. The number of amides is 2. The summed E-state index contributed by atoms with van der Waals surface area (Å²) < 4.78 is 40.6. The maximum atomic E-state index is 13.7. The Morgan fingerprint density at radius 1 is 1.20 bits per heavy atom. The van der Waals surface area contributed by atoms with Crippen LogP contribution >= 0.6 is 39.3 Å². The number of halogens is 5. The summed E-state index contributed by atoms with van der Waals surface area (Å²) in [5, 5.41) is 20.0. The van der Waals surface area contributed by atoms with Crippen LogP contribution < -0.4 is 10.6 Å². The zero-order chi connectivity index (χ0) is 29.9. The van der Waals surface area contributed by atoms with Crippen LogP contribution in [0.3, 0.4) is 0 Å². The third-order valence-electron chi connectivity index (χ3n) is 5.52. The van der Waals surface area contributed by atoms with Crippen LogP contribution in [0.15, 0.2) is 41.0 Å². The fourth-order valence-corrected chi connectivity index (χ4v) is 5.15. The first-order valence-corrected chi connectivity index (χ1v) is 14.4. The van der Waals surface area contributed by atoms with Crippen molar-refractivity contribution in [3.8, 4) is 5.82 Å². The molecule has 2 N–H and O–H groups in total. The molecule has 41 heavy (non-hydrogen) atoms. The molecule has 2 amide bonds. The van der Waals surface area contributed by atoms with Crippen LogP contribution in [0.4, 0.5) is 18.9 Å². The van der Waals surface area contributed by atoms with Gasteiger partial charge in [0.1, 0.15) is 12.2 Å². The second-order valence-electron chi connectivity index (χ2n) is 8.81. The summed E-state index contributed by atoms with van der Waals surface area (Å²) in [6, 6.07) is 7.67. The smallest absolute Gasteiger partial charge is 0.349 e. The zero-order valence-electron chi connectivity index (χ0n) is 21.7. The van der Waals surface area contributed by atoms with Crippen molar-refractivity contribution in [1.29, 1.82) is 0 Å². The number of nitrogens with one attached hydrogen (secondary N) is 2. The molecular formula is C24H22BrClF3N9O2S. The highest BCUT2D eigenvalue weighted by Gasteiger charge is 2.37. The molecule has 0 fully saturated rings. The molecule has 3 aromatic heterocycles.